The van der Waals surface area contributed by atoms with Gasteiger partial charge in [0, 0.05) is 24.8 Å². The zero-order valence-electron chi connectivity index (χ0n) is 13.9. The molecule has 1 amide bonds. The molecule has 1 N–H and O–H groups in total. The van der Waals surface area contributed by atoms with Crippen molar-refractivity contribution in [2.75, 3.05) is 32.7 Å². The zero-order chi connectivity index (χ0) is 16.1. The Bertz CT molecular complexity index is 538. The molecule has 0 aliphatic carbocycles. The summed E-state index contributed by atoms with van der Waals surface area (Å²) in [7, 11) is 0. The Hall–Kier alpha value is -1.62. The Morgan fingerprint density at radius 3 is 2.22 bits per heavy atom. The van der Waals surface area contributed by atoms with Crippen LogP contribution in [0.5, 0.6) is 0 Å². The summed E-state index contributed by atoms with van der Waals surface area (Å²) in [4.78, 5) is 31.9. The van der Waals surface area contributed by atoms with Gasteiger partial charge < -0.3 is 9.88 Å². The smallest absolute Gasteiger partial charge is 0.270 e. The number of H-pyrrole nitrogens is 1. The minimum absolute atomic E-state index is 0.0211. The van der Waals surface area contributed by atoms with E-state index < -0.39 is 0 Å². The highest BCUT2D eigenvalue weighted by Crippen LogP contribution is 2.15. The summed E-state index contributed by atoms with van der Waals surface area (Å²) in [6.07, 6.45) is 10.1. The molecule has 2 aliphatic rings. The third-order valence-electron chi connectivity index (χ3n) is 4.94. The predicted molar refractivity (Wildman–Crippen MR) is 89.8 cm³/mol. The molecule has 3 rings (SSSR count). The number of rotatable bonds is 4. The normalized spacial score (nSPS) is 20.3. The number of Topliss-reactive ketones (excluding diaryl/α,β-unsaturated/α-hetero) is 1. The number of ketones is 1. The maximum absolute atomic E-state index is 12.5. The van der Waals surface area contributed by atoms with Gasteiger partial charge in [0.05, 0.1) is 6.54 Å². The zero-order valence-corrected chi connectivity index (χ0v) is 13.9. The van der Waals surface area contributed by atoms with Crippen LogP contribution < -0.4 is 0 Å². The summed E-state index contributed by atoms with van der Waals surface area (Å²) in [5.74, 6) is 0.134. The van der Waals surface area contributed by atoms with E-state index in [-0.39, 0.29) is 11.7 Å². The van der Waals surface area contributed by atoms with Crippen molar-refractivity contribution in [3.8, 4) is 0 Å². The summed E-state index contributed by atoms with van der Waals surface area (Å²) in [5, 5.41) is 0. The highest BCUT2D eigenvalue weighted by atomic mass is 16.2. The van der Waals surface area contributed by atoms with Crippen LogP contribution in [0.4, 0.5) is 0 Å². The molecule has 5 nitrogen and oxygen atoms in total. The second-order valence-corrected chi connectivity index (χ2v) is 6.77. The molecule has 2 fully saturated rings. The second kappa shape index (κ2) is 7.77. The topological polar surface area (TPSA) is 56.4 Å². The number of amides is 1. The third kappa shape index (κ3) is 4.22. The van der Waals surface area contributed by atoms with E-state index in [1.54, 1.807) is 12.3 Å². The van der Waals surface area contributed by atoms with Crippen molar-refractivity contribution in [1.29, 1.82) is 0 Å². The van der Waals surface area contributed by atoms with Gasteiger partial charge in [-0.05, 0) is 44.8 Å². The van der Waals surface area contributed by atoms with E-state index in [0.717, 1.165) is 39.0 Å². The number of carbonyl (C=O) groups excluding carboxylic acids is 2. The molecular weight excluding hydrogens is 290 g/mol. The molecule has 0 aromatic carbocycles. The molecule has 0 saturated carbocycles. The van der Waals surface area contributed by atoms with Crippen LogP contribution in [0.1, 0.15) is 65.8 Å². The van der Waals surface area contributed by atoms with Crippen molar-refractivity contribution in [1.82, 2.24) is 14.8 Å². The first kappa shape index (κ1) is 16.2. The predicted octanol–water partition coefficient (Wildman–Crippen LogP) is 2.70. The third-order valence-corrected chi connectivity index (χ3v) is 4.94. The van der Waals surface area contributed by atoms with Crippen LogP contribution in [0.3, 0.4) is 0 Å². The fourth-order valence-electron chi connectivity index (χ4n) is 3.53. The van der Waals surface area contributed by atoms with Gasteiger partial charge in [-0.15, -0.1) is 0 Å². The van der Waals surface area contributed by atoms with Crippen molar-refractivity contribution in [2.45, 2.75) is 44.9 Å². The molecule has 1 aromatic heterocycles. The van der Waals surface area contributed by atoms with Crippen LogP contribution in [0.15, 0.2) is 12.3 Å². The Labute approximate surface area is 138 Å². The van der Waals surface area contributed by atoms with Crippen LogP contribution in [-0.2, 0) is 0 Å². The van der Waals surface area contributed by atoms with Gasteiger partial charge in [0.15, 0.2) is 5.78 Å². The highest BCUT2D eigenvalue weighted by molar-refractivity contribution is 6.01. The molecule has 3 heterocycles. The number of aromatic amines is 1. The van der Waals surface area contributed by atoms with Gasteiger partial charge in [-0.2, -0.15) is 0 Å². The van der Waals surface area contributed by atoms with Crippen LogP contribution in [0.2, 0.25) is 0 Å². The number of carbonyl (C=O) groups is 2. The summed E-state index contributed by atoms with van der Waals surface area (Å²) >= 11 is 0. The first-order valence-electron chi connectivity index (χ1n) is 8.97. The number of nitrogens with one attached hydrogen (secondary N) is 1. The fraction of sp³-hybridized carbons (Fsp3) is 0.667. The van der Waals surface area contributed by atoms with Crippen molar-refractivity contribution >= 4 is 11.7 Å². The Balaban J connectivity index is 1.58. The summed E-state index contributed by atoms with van der Waals surface area (Å²) in [5.41, 5.74) is 1.18. The molecule has 1 aromatic rings. The maximum atomic E-state index is 12.5. The minimum Gasteiger partial charge on any atom is -0.356 e. The summed E-state index contributed by atoms with van der Waals surface area (Å²) < 4.78 is 0. The van der Waals surface area contributed by atoms with Gasteiger partial charge in [0.25, 0.3) is 5.91 Å². The van der Waals surface area contributed by atoms with Gasteiger partial charge in [0.2, 0.25) is 0 Å². The SMILES string of the molecule is O=C(CN1CCCCCCC1)c1c[nH]c(C(=O)N2CCCC2)c1. The molecule has 0 atom stereocenters. The Morgan fingerprint density at radius 2 is 1.52 bits per heavy atom. The standard InChI is InChI=1S/C18H27N3O2/c22-17(14-20-8-4-2-1-3-5-9-20)15-12-16(19-13-15)18(23)21-10-6-7-11-21/h12-13,19H,1-11,14H2. The first-order chi connectivity index (χ1) is 11.2. The molecule has 2 saturated heterocycles. The monoisotopic (exact) mass is 317 g/mol. The van der Waals surface area contributed by atoms with Crippen LogP contribution in [0, 0.1) is 0 Å². The van der Waals surface area contributed by atoms with Gasteiger partial charge in [-0.25, -0.2) is 0 Å². The minimum atomic E-state index is 0.0211. The average molecular weight is 317 g/mol. The first-order valence-corrected chi connectivity index (χ1v) is 8.97. The van der Waals surface area contributed by atoms with Gasteiger partial charge in [-0.3, -0.25) is 14.5 Å². The van der Waals surface area contributed by atoms with Crippen molar-refractivity contribution in [3.63, 3.8) is 0 Å². The van der Waals surface area contributed by atoms with Crippen molar-refractivity contribution in [3.05, 3.63) is 23.5 Å². The van der Waals surface area contributed by atoms with E-state index in [0.29, 0.717) is 17.8 Å². The number of hydrogen-bond acceptors (Lipinski definition) is 3. The lowest BCUT2D eigenvalue weighted by atomic mass is 10.1. The number of nitrogens with zero attached hydrogens (tertiary/aromatic N) is 2. The van der Waals surface area contributed by atoms with E-state index >= 15 is 0 Å². The lowest BCUT2D eigenvalue weighted by Crippen LogP contribution is -2.32. The van der Waals surface area contributed by atoms with E-state index in [1.165, 1.54) is 32.1 Å². The van der Waals surface area contributed by atoms with Crippen LogP contribution in [0.25, 0.3) is 0 Å². The lowest BCUT2D eigenvalue weighted by Gasteiger charge is -2.23. The van der Waals surface area contributed by atoms with Gasteiger partial charge in [0.1, 0.15) is 5.69 Å². The Kier molecular flexibility index (Phi) is 5.49. The molecule has 0 radical (unpaired) electrons. The molecule has 0 unspecified atom stereocenters. The second-order valence-electron chi connectivity index (χ2n) is 6.77. The van der Waals surface area contributed by atoms with Crippen molar-refractivity contribution < 1.29 is 9.59 Å². The number of likely N-dealkylation sites (tertiary alicyclic amines) is 2. The van der Waals surface area contributed by atoms with Crippen LogP contribution in [-0.4, -0.2) is 59.2 Å². The number of hydrogen-bond donors (Lipinski definition) is 1. The molecule has 2 aliphatic heterocycles. The van der Waals surface area contributed by atoms with Crippen molar-refractivity contribution in [2.24, 2.45) is 0 Å². The van der Waals surface area contributed by atoms with E-state index in [4.69, 9.17) is 0 Å². The van der Waals surface area contributed by atoms with E-state index in [1.807, 2.05) is 4.90 Å². The van der Waals surface area contributed by atoms with E-state index in [2.05, 4.69) is 9.88 Å². The maximum Gasteiger partial charge on any atom is 0.270 e. The largest absolute Gasteiger partial charge is 0.356 e. The molecule has 5 heteroatoms. The lowest BCUT2D eigenvalue weighted by molar-refractivity contribution is 0.0787. The highest BCUT2D eigenvalue weighted by Gasteiger charge is 2.22. The van der Waals surface area contributed by atoms with E-state index in [9.17, 15) is 9.59 Å². The summed E-state index contributed by atoms with van der Waals surface area (Å²) in [6.45, 7) is 4.14. The van der Waals surface area contributed by atoms with Gasteiger partial charge in [-0.1, -0.05) is 19.3 Å². The quantitative estimate of drug-likeness (QED) is 0.869. The average Bonchev–Trinajstić information content (AvgIpc) is 3.20. The number of aromatic nitrogens is 1. The van der Waals surface area contributed by atoms with Crippen LogP contribution >= 0.6 is 0 Å². The molecular formula is C18H27N3O2. The molecule has 0 spiro atoms. The Morgan fingerprint density at radius 1 is 0.913 bits per heavy atom. The summed E-state index contributed by atoms with van der Waals surface area (Å²) in [6, 6.07) is 1.73. The fourth-order valence-corrected chi connectivity index (χ4v) is 3.53. The molecule has 23 heavy (non-hydrogen) atoms. The van der Waals surface area contributed by atoms with Gasteiger partial charge >= 0.3 is 0 Å². The molecule has 0 bridgehead atoms. The molecule has 126 valence electrons.